The summed E-state index contributed by atoms with van der Waals surface area (Å²) in [6.45, 7) is 0. The Hall–Kier alpha value is -1.85. The van der Waals surface area contributed by atoms with Gasteiger partial charge in [0.15, 0.2) is 0 Å². The first kappa shape index (κ1) is 16.2. The summed E-state index contributed by atoms with van der Waals surface area (Å²) in [6.07, 6.45) is 1.55. The molecule has 0 saturated heterocycles. The highest BCUT2D eigenvalue weighted by Gasteiger charge is 2.10. The molecule has 96 valence electrons. The molecule has 0 radical (unpaired) electrons. The fraction of sp³-hybridized carbons (Fsp3) is 0. The number of nitrogens with zero attached hydrogens (tertiary/aromatic N) is 2. The van der Waals surface area contributed by atoms with Crippen LogP contribution in [0.4, 0.5) is 5.69 Å². The monoisotopic (exact) mass is 285 g/mol. The molecule has 7 heteroatoms. The molecule has 5 nitrogen and oxygen atoms in total. The summed E-state index contributed by atoms with van der Waals surface area (Å²) < 4.78 is 0. The molecular formula is C11H13Cl2N5. The Balaban J connectivity index is 0.00000144. The molecule has 5 N–H and O–H groups in total. The standard InChI is InChI=1S/C11H11N5.2ClH/c12-9-4-2-1-3-7(9)8-5-6-15-16-10(8)11(13)14;;/h1-6H,12H2,(H3,13,14);2*1H. The first-order chi connectivity index (χ1) is 7.70. The van der Waals surface area contributed by atoms with Crippen molar-refractivity contribution in [1.29, 1.82) is 5.41 Å². The van der Waals surface area contributed by atoms with Crippen LogP contribution in [0.15, 0.2) is 36.5 Å². The molecule has 0 spiro atoms. The highest BCUT2D eigenvalue weighted by atomic mass is 35.5. The van der Waals surface area contributed by atoms with Crippen LogP contribution in [0.2, 0.25) is 0 Å². The van der Waals surface area contributed by atoms with Crippen molar-refractivity contribution in [1.82, 2.24) is 10.2 Å². The Labute approximate surface area is 117 Å². The summed E-state index contributed by atoms with van der Waals surface area (Å²) in [6, 6.07) is 9.12. The Bertz CT molecular complexity index is 544. The third-order valence-corrected chi connectivity index (χ3v) is 2.23. The van der Waals surface area contributed by atoms with Gasteiger partial charge in [0, 0.05) is 16.8 Å². The fourth-order valence-electron chi connectivity index (χ4n) is 1.49. The largest absolute Gasteiger partial charge is 0.398 e. The zero-order valence-electron chi connectivity index (χ0n) is 9.33. The highest BCUT2D eigenvalue weighted by molar-refractivity contribution is 6.00. The number of hydrogen-bond acceptors (Lipinski definition) is 4. The summed E-state index contributed by atoms with van der Waals surface area (Å²) >= 11 is 0. The molecule has 1 aromatic carbocycles. The number of nitrogen functional groups attached to an aromatic ring is 2. The van der Waals surface area contributed by atoms with E-state index >= 15 is 0 Å². The van der Waals surface area contributed by atoms with Gasteiger partial charge in [-0.3, -0.25) is 5.41 Å². The highest BCUT2D eigenvalue weighted by Crippen LogP contribution is 2.26. The first-order valence-electron chi connectivity index (χ1n) is 4.71. The Kier molecular flexibility index (Phi) is 6.08. The number of halogens is 2. The SMILES string of the molecule is Cl.Cl.N=C(N)c1nnccc1-c1ccccc1N. The van der Waals surface area contributed by atoms with Crippen molar-refractivity contribution in [2.45, 2.75) is 0 Å². The number of anilines is 1. The van der Waals surface area contributed by atoms with Crippen LogP contribution in [0, 0.1) is 5.41 Å². The van der Waals surface area contributed by atoms with Crippen molar-refractivity contribution in [3.63, 3.8) is 0 Å². The van der Waals surface area contributed by atoms with Crippen molar-refractivity contribution in [3.05, 3.63) is 42.2 Å². The number of nitrogens with two attached hydrogens (primary N) is 2. The second-order valence-electron chi connectivity index (χ2n) is 3.29. The van der Waals surface area contributed by atoms with Gasteiger partial charge in [0.2, 0.25) is 0 Å². The minimum atomic E-state index is -0.119. The summed E-state index contributed by atoms with van der Waals surface area (Å²) in [5.41, 5.74) is 13.8. The third kappa shape index (κ3) is 3.09. The maximum Gasteiger partial charge on any atom is 0.144 e. The van der Waals surface area contributed by atoms with E-state index in [0.29, 0.717) is 11.4 Å². The normalized spacial score (nSPS) is 8.89. The molecule has 18 heavy (non-hydrogen) atoms. The number of para-hydroxylation sites is 1. The summed E-state index contributed by atoms with van der Waals surface area (Å²) in [5, 5.41) is 15.0. The Morgan fingerprint density at radius 2 is 1.72 bits per heavy atom. The van der Waals surface area contributed by atoms with Gasteiger partial charge in [-0.25, -0.2) is 0 Å². The lowest BCUT2D eigenvalue weighted by molar-refractivity contribution is 1.01. The van der Waals surface area contributed by atoms with Crippen LogP contribution in [-0.2, 0) is 0 Å². The molecule has 1 aromatic heterocycles. The van der Waals surface area contributed by atoms with Gasteiger partial charge in [-0.1, -0.05) is 18.2 Å². The molecule has 2 aromatic rings. The van der Waals surface area contributed by atoms with Gasteiger partial charge in [-0.2, -0.15) is 5.10 Å². The maximum atomic E-state index is 7.43. The average Bonchev–Trinajstić information content (AvgIpc) is 2.29. The van der Waals surface area contributed by atoms with Gasteiger partial charge < -0.3 is 11.5 Å². The summed E-state index contributed by atoms with van der Waals surface area (Å²) in [4.78, 5) is 0. The second-order valence-corrected chi connectivity index (χ2v) is 3.29. The van der Waals surface area contributed by atoms with Gasteiger partial charge >= 0.3 is 0 Å². The maximum absolute atomic E-state index is 7.43. The van der Waals surface area contributed by atoms with E-state index in [-0.39, 0.29) is 30.6 Å². The van der Waals surface area contributed by atoms with Gasteiger partial charge in [-0.15, -0.1) is 29.9 Å². The van der Waals surface area contributed by atoms with Crippen molar-refractivity contribution >= 4 is 36.3 Å². The van der Waals surface area contributed by atoms with E-state index in [1.807, 2.05) is 18.2 Å². The van der Waals surface area contributed by atoms with Gasteiger partial charge in [-0.05, 0) is 12.1 Å². The molecule has 0 aliphatic carbocycles. The van der Waals surface area contributed by atoms with E-state index in [0.717, 1.165) is 11.1 Å². The van der Waals surface area contributed by atoms with Crippen molar-refractivity contribution in [3.8, 4) is 11.1 Å². The van der Waals surface area contributed by atoms with Crippen LogP contribution < -0.4 is 11.5 Å². The van der Waals surface area contributed by atoms with E-state index < -0.39 is 0 Å². The van der Waals surface area contributed by atoms with Crippen LogP contribution in [0.1, 0.15) is 5.69 Å². The van der Waals surface area contributed by atoms with Crippen LogP contribution in [0.25, 0.3) is 11.1 Å². The molecule has 0 unspecified atom stereocenters. The smallest absolute Gasteiger partial charge is 0.144 e. The van der Waals surface area contributed by atoms with Gasteiger partial charge in [0.05, 0.1) is 6.20 Å². The molecular weight excluding hydrogens is 273 g/mol. The predicted octanol–water partition coefficient (Wildman–Crippen LogP) is 1.85. The van der Waals surface area contributed by atoms with Crippen LogP contribution in [-0.4, -0.2) is 16.0 Å². The summed E-state index contributed by atoms with van der Waals surface area (Å²) in [7, 11) is 0. The van der Waals surface area contributed by atoms with E-state index in [4.69, 9.17) is 16.9 Å². The quantitative estimate of drug-likeness (QED) is 0.445. The number of amidine groups is 1. The predicted molar refractivity (Wildman–Crippen MR) is 77.4 cm³/mol. The van der Waals surface area contributed by atoms with E-state index in [9.17, 15) is 0 Å². The van der Waals surface area contributed by atoms with Crippen LogP contribution >= 0.6 is 24.8 Å². The molecule has 2 rings (SSSR count). The number of aromatic nitrogens is 2. The van der Waals surface area contributed by atoms with Gasteiger partial charge in [0.25, 0.3) is 0 Å². The molecule has 0 aliphatic rings. The molecule has 0 atom stereocenters. The minimum Gasteiger partial charge on any atom is -0.398 e. The lowest BCUT2D eigenvalue weighted by atomic mass is 10.0. The molecule has 0 amide bonds. The van der Waals surface area contributed by atoms with Gasteiger partial charge in [0.1, 0.15) is 11.5 Å². The molecule has 0 aliphatic heterocycles. The zero-order chi connectivity index (χ0) is 11.5. The number of hydrogen-bond donors (Lipinski definition) is 3. The zero-order valence-corrected chi connectivity index (χ0v) is 11.0. The Morgan fingerprint density at radius 3 is 2.33 bits per heavy atom. The topological polar surface area (TPSA) is 102 Å². The van der Waals surface area contributed by atoms with Crippen molar-refractivity contribution < 1.29 is 0 Å². The van der Waals surface area contributed by atoms with Crippen LogP contribution in [0.5, 0.6) is 0 Å². The lowest BCUT2D eigenvalue weighted by Gasteiger charge is -2.08. The molecule has 0 fully saturated rings. The lowest BCUT2D eigenvalue weighted by Crippen LogP contribution is -2.15. The number of nitrogens with one attached hydrogen (secondary N) is 1. The van der Waals surface area contributed by atoms with Crippen molar-refractivity contribution in [2.24, 2.45) is 5.73 Å². The Morgan fingerprint density at radius 1 is 1.06 bits per heavy atom. The third-order valence-electron chi connectivity index (χ3n) is 2.23. The van der Waals surface area contributed by atoms with E-state index in [1.54, 1.807) is 18.3 Å². The molecule has 0 saturated carbocycles. The van der Waals surface area contributed by atoms with Crippen LogP contribution in [0.3, 0.4) is 0 Å². The van der Waals surface area contributed by atoms with Crippen molar-refractivity contribution in [2.75, 3.05) is 5.73 Å². The van der Waals surface area contributed by atoms with E-state index in [1.165, 1.54) is 0 Å². The number of rotatable bonds is 2. The molecule has 0 bridgehead atoms. The number of benzene rings is 1. The molecule has 1 heterocycles. The second kappa shape index (κ2) is 6.78. The summed E-state index contributed by atoms with van der Waals surface area (Å²) in [5.74, 6) is -0.119. The minimum absolute atomic E-state index is 0. The average molecular weight is 286 g/mol. The van der Waals surface area contributed by atoms with E-state index in [2.05, 4.69) is 10.2 Å². The fourth-order valence-corrected chi connectivity index (χ4v) is 1.49. The first-order valence-corrected chi connectivity index (χ1v) is 4.71.